The number of likely N-dealkylation sites (tertiary alicyclic amines) is 1. The number of fused-ring (bicyclic) bond motifs is 3. The fraction of sp³-hybridized carbons (Fsp3) is 0.394. The molecule has 3 aliphatic heterocycles. The van der Waals surface area contributed by atoms with Gasteiger partial charge in [-0.3, -0.25) is 9.69 Å². The predicted octanol–water partition coefficient (Wildman–Crippen LogP) is 6.43. The summed E-state index contributed by atoms with van der Waals surface area (Å²) < 4.78 is 58.5. The van der Waals surface area contributed by atoms with Crippen molar-refractivity contribution in [3.05, 3.63) is 60.0 Å². The Labute approximate surface area is 267 Å². The molecular weight excluding hydrogens is 617 g/mol. The van der Waals surface area contributed by atoms with Crippen molar-refractivity contribution in [3.63, 3.8) is 0 Å². The summed E-state index contributed by atoms with van der Waals surface area (Å²) in [4.78, 5) is 28.6. The van der Waals surface area contributed by atoms with Crippen LogP contribution >= 0.6 is 11.3 Å². The molecule has 3 saturated heterocycles. The van der Waals surface area contributed by atoms with Crippen LogP contribution in [-0.2, 0) is 4.79 Å². The number of nitrogens with zero attached hydrogens (tertiary/aromatic N) is 5. The van der Waals surface area contributed by atoms with Gasteiger partial charge in [0, 0.05) is 36.4 Å². The average Bonchev–Trinajstić information content (AvgIpc) is 3.77. The number of alkyl halides is 1. The molecule has 238 valence electrons. The number of rotatable bonds is 7. The number of thiophene rings is 1. The number of aromatic nitrogens is 2. The normalized spacial score (nSPS) is 24.4. The number of carbonyl (C=O) groups excluding carboxylic acids is 1. The average molecular weight is 649 g/mol. The summed E-state index contributed by atoms with van der Waals surface area (Å²) in [6, 6.07) is 5.54. The molecule has 4 aromatic rings. The van der Waals surface area contributed by atoms with Gasteiger partial charge in [0.2, 0.25) is 17.5 Å². The smallest absolute Gasteiger partial charge is 0.320 e. The Morgan fingerprint density at radius 3 is 2.85 bits per heavy atom. The van der Waals surface area contributed by atoms with E-state index in [2.05, 4.69) is 26.3 Å². The molecule has 0 aliphatic carbocycles. The number of nitrogens with two attached hydrogens (primary N) is 1. The van der Waals surface area contributed by atoms with Crippen molar-refractivity contribution in [2.45, 2.75) is 56.5 Å². The molecule has 2 aromatic heterocycles. The summed E-state index contributed by atoms with van der Waals surface area (Å²) in [6.07, 6.45) is 2.41. The molecule has 0 radical (unpaired) electrons. The maximum absolute atomic E-state index is 16.7. The minimum atomic E-state index is -0.954. The zero-order valence-electron chi connectivity index (χ0n) is 25.1. The number of carbonyl (C=O) groups is 1. The first kappa shape index (κ1) is 30.3. The van der Waals surface area contributed by atoms with Gasteiger partial charge in [0.05, 0.1) is 33.7 Å². The zero-order chi connectivity index (χ0) is 32.3. The summed E-state index contributed by atoms with van der Waals surface area (Å²) in [5.41, 5.74) is 5.89. The fourth-order valence-corrected chi connectivity index (χ4v) is 8.22. The third kappa shape index (κ3) is 4.91. The molecule has 2 N–H and O–H groups in total. The minimum Gasteiger partial charge on any atom is -0.472 e. The zero-order valence-corrected chi connectivity index (χ0v) is 25.9. The lowest BCUT2D eigenvalue weighted by Crippen LogP contribution is -2.43. The highest BCUT2D eigenvalue weighted by Gasteiger charge is 2.49. The van der Waals surface area contributed by atoms with Crippen molar-refractivity contribution in [1.82, 2.24) is 19.8 Å². The second-order valence-corrected chi connectivity index (χ2v) is 13.3. The largest absolute Gasteiger partial charge is 0.472 e. The topological polar surface area (TPSA) is 98.2 Å². The maximum atomic E-state index is 16.7. The van der Waals surface area contributed by atoms with E-state index in [1.54, 1.807) is 11.0 Å². The number of ether oxygens (including phenoxy) is 2. The highest BCUT2D eigenvalue weighted by molar-refractivity contribution is 7.23. The Hall–Kier alpha value is -4.41. The van der Waals surface area contributed by atoms with E-state index in [9.17, 15) is 13.6 Å². The first-order valence-electron chi connectivity index (χ1n) is 15.1. The molecule has 1 amide bonds. The molecule has 0 unspecified atom stereocenters. The van der Waals surface area contributed by atoms with Crippen LogP contribution in [0.1, 0.15) is 32.6 Å². The summed E-state index contributed by atoms with van der Waals surface area (Å²) in [7, 11) is 0. The Kier molecular flexibility index (Phi) is 7.52. The fourth-order valence-electron chi connectivity index (χ4n) is 7.28. The third-order valence-corrected chi connectivity index (χ3v) is 10.5. The van der Waals surface area contributed by atoms with Crippen LogP contribution in [0.3, 0.4) is 0 Å². The van der Waals surface area contributed by atoms with Crippen LogP contribution in [0, 0.1) is 18.2 Å². The summed E-state index contributed by atoms with van der Waals surface area (Å²) in [5.74, 6) is -1.43. The number of benzene rings is 2. The molecule has 7 rings (SSSR count). The molecule has 13 heteroatoms. The van der Waals surface area contributed by atoms with Gasteiger partial charge in [-0.1, -0.05) is 18.7 Å². The van der Waals surface area contributed by atoms with E-state index >= 15 is 4.39 Å². The van der Waals surface area contributed by atoms with Gasteiger partial charge in [-0.05, 0) is 50.1 Å². The number of hydrogen-bond acceptors (Lipinski definition) is 8. The quantitative estimate of drug-likeness (QED) is 0.182. The van der Waals surface area contributed by atoms with E-state index in [-0.39, 0.29) is 74.2 Å². The highest BCUT2D eigenvalue weighted by Crippen LogP contribution is 2.47. The van der Waals surface area contributed by atoms with Crippen molar-refractivity contribution in [2.24, 2.45) is 0 Å². The van der Waals surface area contributed by atoms with Crippen molar-refractivity contribution in [3.8, 4) is 23.0 Å². The summed E-state index contributed by atoms with van der Waals surface area (Å²) >= 11 is 0.937. The van der Waals surface area contributed by atoms with Gasteiger partial charge in [-0.2, -0.15) is 9.97 Å². The van der Waals surface area contributed by atoms with E-state index in [1.807, 2.05) is 6.92 Å². The molecule has 3 fully saturated rings. The molecule has 5 heterocycles. The van der Waals surface area contributed by atoms with Gasteiger partial charge in [0.1, 0.15) is 30.2 Å². The van der Waals surface area contributed by atoms with Gasteiger partial charge >= 0.3 is 6.01 Å². The van der Waals surface area contributed by atoms with Crippen molar-refractivity contribution < 1.29 is 27.4 Å². The third-order valence-electron chi connectivity index (χ3n) is 9.45. The molecular formula is C33H31F3N6O3S. The van der Waals surface area contributed by atoms with E-state index in [4.69, 9.17) is 21.8 Å². The van der Waals surface area contributed by atoms with E-state index < -0.39 is 29.4 Å². The molecule has 0 spiro atoms. The maximum Gasteiger partial charge on any atom is 0.320 e. The molecule has 3 aliphatic rings. The lowest BCUT2D eigenvalue weighted by Gasteiger charge is -2.30. The van der Waals surface area contributed by atoms with Crippen LogP contribution < -0.4 is 15.2 Å². The van der Waals surface area contributed by atoms with Crippen molar-refractivity contribution >= 4 is 48.9 Å². The van der Waals surface area contributed by atoms with Gasteiger partial charge in [0.15, 0.2) is 5.82 Å². The van der Waals surface area contributed by atoms with Crippen LogP contribution in [0.2, 0.25) is 0 Å². The highest BCUT2D eigenvalue weighted by atomic mass is 32.1. The SMILES string of the molecule is [C-]#[N+]c1c(N)sc2c(F)ccc(-c3ccc4c(O[C@@H]5C[C@@H](C)N(C(=O)C=C)C5)nc(OC[C@@]56CCCN5C[C@H](F)C6)nc4c3F)c12. The minimum absolute atomic E-state index is 0.0572. The molecule has 2 aromatic carbocycles. The van der Waals surface area contributed by atoms with Gasteiger partial charge < -0.3 is 20.1 Å². The molecule has 46 heavy (non-hydrogen) atoms. The van der Waals surface area contributed by atoms with Crippen LogP contribution in [0.5, 0.6) is 11.9 Å². The number of amides is 1. The predicted molar refractivity (Wildman–Crippen MR) is 170 cm³/mol. The van der Waals surface area contributed by atoms with Crippen LogP contribution in [-0.4, -0.2) is 75.8 Å². The van der Waals surface area contributed by atoms with Crippen LogP contribution in [0.15, 0.2) is 36.9 Å². The van der Waals surface area contributed by atoms with E-state index in [0.29, 0.717) is 24.9 Å². The van der Waals surface area contributed by atoms with Crippen molar-refractivity contribution in [1.29, 1.82) is 0 Å². The summed E-state index contributed by atoms with van der Waals surface area (Å²) in [6.45, 7) is 14.7. The monoisotopic (exact) mass is 648 g/mol. The molecule has 0 saturated carbocycles. The number of halogens is 3. The van der Waals surface area contributed by atoms with Crippen LogP contribution in [0.25, 0.3) is 37.0 Å². The molecule has 0 bridgehead atoms. The number of hydrogen-bond donors (Lipinski definition) is 1. The van der Waals surface area contributed by atoms with E-state index in [1.165, 1.54) is 24.3 Å². The van der Waals surface area contributed by atoms with Gasteiger partial charge in [0.25, 0.3) is 0 Å². The first-order chi connectivity index (χ1) is 22.1. The van der Waals surface area contributed by atoms with Gasteiger partial charge in [-0.25, -0.2) is 18.0 Å². The Morgan fingerprint density at radius 1 is 1.26 bits per heavy atom. The van der Waals surface area contributed by atoms with Gasteiger partial charge in [-0.15, -0.1) is 11.3 Å². The number of anilines is 1. The molecule has 4 atom stereocenters. The number of nitrogen functional groups attached to an aromatic ring is 1. The van der Waals surface area contributed by atoms with E-state index in [0.717, 1.165) is 30.7 Å². The standard InChI is InChI=1S/C33H31F3N6O3S/c1-4-24(43)42-15-19(12-17(42)2)45-31-22-7-6-21(20-8-9-23(35)29-25(20)28(38-3)30(37)46-29)26(36)27(22)39-32(40-31)44-16-33-10-5-11-41(33)14-18(34)13-33/h4,6-9,17-19H,1,5,10-16,37H2,2H3/t17-,18-,19-,33+/m1/s1. The Bertz CT molecular complexity index is 1950. The first-order valence-corrected chi connectivity index (χ1v) is 15.9. The molecule has 9 nitrogen and oxygen atoms in total. The van der Waals surface area contributed by atoms with Crippen LogP contribution in [0.4, 0.5) is 23.9 Å². The second-order valence-electron chi connectivity index (χ2n) is 12.2. The summed E-state index contributed by atoms with van der Waals surface area (Å²) in [5, 5.41) is 0.643. The van der Waals surface area contributed by atoms with Crippen molar-refractivity contribution in [2.75, 3.05) is 32.0 Å². The Balaban J connectivity index is 1.32. The lowest BCUT2D eigenvalue weighted by molar-refractivity contribution is -0.126. The second kappa shape index (κ2) is 11.4. The Morgan fingerprint density at radius 2 is 2.07 bits per heavy atom. The lowest BCUT2D eigenvalue weighted by atomic mass is 9.95.